The molecule has 19 nitrogen and oxygen atoms in total. The molecule has 4 saturated heterocycles. The number of ether oxygens (including phenoxy) is 13. The van der Waals surface area contributed by atoms with Crippen molar-refractivity contribution in [3.63, 3.8) is 0 Å². The van der Waals surface area contributed by atoms with Crippen molar-refractivity contribution in [2.75, 3.05) is 33.5 Å². The number of fused-ring (bicyclic) bond motifs is 8. The predicted octanol–water partition coefficient (Wildman–Crippen LogP) is 14.9. The molecule has 0 aromatic heterocycles. The number of benzene rings is 3. The van der Waals surface area contributed by atoms with E-state index in [2.05, 4.69) is 72.1 Å². The zero-order chi connectivity index (χ0) is 75.1. The maximum absolute atomic E-state index is 16.8. The van der Waals surface area contributed by atoms with Gasteiger partial charge in [-0.2, -0.15) is 0 Å². The van der Waals surface area contributed by atoms with Crippen LogP contribution in [0.15, 0.2) is 103 Å². The van der Waals surface area contributed by atoms with E-state index < -0.39 is 115 Å². The third-order valence-corrected chi connectivity index (χ3v) is 27.2. The molecular formula is C86H126N2O17. The summed E-state index contributed by atoms with van der Waals surface area (Å²) >= 11 is 0. The van der Waals surface area contributed by atoms with E-state index in [1.54, 1.807) is 7.11 Å². The number of carbonyl (C=O) groups is 3. The van der Waals surface area contributed by atoms with E-state index in [-0.39, 0.29) is 77.7 Å². The number of allylic oxidation sites excluding steroid dienone is 2. The van der Waals surface area contributed by atoms with Crippen LogP contribution < -0.4 is 10.6 Å². The number of carbonyl (C=O) groups excluding carboxylic acids is 3. The third-order valence-electron chi connectivity index (χ3n) is 27.2. The number of aliphatic hydroxyl groups is 1. The maximum Gasteiger partial charge on any atom is 0.407 e. The number of hydrogen-bond acceptors (Lipinski definition) is 17. The lowest BCUT2D eigenvalue weighted by Crippen LogP contribution is -2.68. The quantitative estimate of drug-likeness (QED) is 0.0408. The van der Waals surface area contributed by atoms with Crippen LogP contribution in [0.4, 0.5) is 4.79 Å². The SMILES string of the molecule is COC1C[C@]2(C)C(=CCC3C4(C)CC[C@H](C)[C@](C)(CO)[C@@H]4CC[C@@]32C)C2CC(C)(C)CC[C@]12C(=O)O[C@@H]1O[C@@H](COCc2ccccc2)C(NC(=O)CCCCCNC(=O)OC(C)(C)C)C(C)C1O[C@@H]1O[C@H](C)C(O[C@@H]2OCC(OCc3ccccc3)C(OCc3ccccc3)C2C)C2OC(C)(C)OC21. The van der Waals surface area contributed by atoms with E-state index in [9.17, 15) is 14.7 Å². The highest BCUT2D eigenvalue weighted by Crippen LogP contribution is 2.76. The van der Waals surface area contributed by atoms with Crippen LogP contribution in [-0.4, -0.2) is 148 Å². The lowest BCUT2D eigenvalue weighted by Gasteiger charge is -2.72. The summed E-state index contributed by atoms with van der Waals surface area (Å²) < 4.78 is 89.2. The summed E-state index contributed by atoms with van der Waals surface area (Å²) in [6, 6.07) is 29.4. The van der Waals surface area contributed by atoms with Gasteiger partial charge in [-0.1, -0.05) is 171 Å². The molecule has 3 aromatic rings. The first kappa shape index (κ1) is 79.7. The standard InChI is InChI=1S/C86H126N2O17/c1-53-38-40-82(12)64(83(53,13)52-89)39-41-84(14)65(82)37-36-60-61-45-80(8,9)42-43-86(61,66(93-16)46-85(60,84)15)77(91)102-75-70(54(2)68(62(99-75)50-94-47-57-29-21-17-22-30-57)88-67(90)35-27-20-28-44-87-78(92)105-79(5,6)7)100-76-73-72(103-81(10,11)104-73)71(56(4)98-76)101-74-55(3)69(96-49-59-33-25-19-26-34-59)63(51-97-74)95-48-58-31-23-18-24-32-58/h17-19,21-26,29-34,36,53-56,61-66,68-76,89H,20,27-28,35,37-52H2,1-16H3,(H,87,92)(H,88,90)/t53-,54?,55?,56+,61?,62-,63?,64+,65?,66?,68?,69?,70?,71?,72?,73?,74-,75-,76-,82?,83-,84-,85+,86+/m0/s1. The Bertz CT molecular complexity index is 3420. The Kier molecular flexibility index (Phi) is 24.4. The maximum atomic E-state index is 16.8. The van der Waals surface area contributed by atoms with Gasteiger partial charge in [0.25, 0.3) is 0 Å². The molecular weight excluding hydrogens is 1330 g/mol. The van der Waals surface area contributed by atoms with Gasteiger partial charge < -0.3 is 77.3 Å². The lowest BCUT2D eigenvalue weighted by atomic mass is 9.33. The number of aliphatic hydroxyl groups excluding tert-OH is 1. The minimum Gasteiger partial charge on any atom is -0.444 e. The highest BCUT2D eigenvalue weighted by molar-refractivity contribution is 5.80. The van der Waals surface area contributed by atoms with E-state index in [1.807, 2.05) is 139 Å². The Balaban J connectivity index is 0.852. The van der Waals surface area contributed by atoms with Gasteiger partial charge in [0.15, 0.2) is 18.4 Å². The summed E-state index contributed by atoms with van der Waals surface area (Å²) in [5.41, 5.74) is 1.95. The number of rotatable bonds is 25. The molecule has 8 fully saturated rings. The van der Waals surface area contributed by atoms with Gasteiger partial charge in [0.2, 0.25) is 12.2 Å². The number of unbranched alkanes of at least 4 members (excludes halogenated alkanes) is 2. The van der Waals surface area contributed by atoms with Crippen LogP contribution in [0, 0.1) is 68.0 Å². The fraction of sp³-hybridized carbons (Fsp3) is 0.733. The number of methoxy groups -OCH3 is 1. The minimum absolute atomic E-state index is 0.0148. The summed E-state index contributed by atoms with van der Waals surface area (Å²) in [5.74, 6) is -1.69. The largest absolute Gasteiger partial charge is 0.444 e. The molecule has 24 atom stereocenters. The zero-order valence-corrected chi connectivity index (χ0v) is 65.8. The third kappa shape index (κ3) is 16.5. The van der Waals surface area contributed by atoms with Gasteiger partial charge in [0.1, 0.15) is 47.6 Å². The van der Waals surface area contributed by atoms with Gasteiger partial charge >= 0.3 is 12.1 Å². The van der Waals surface area contributed by atoms with Crippen LogP contribution in [0.2, 0.25) is 0 Å². The molecule has 0 spiro atoms. The monoisotopic (exact) mass is 1460 g/mol. The van der Waals surface area contributed by atoms with Crippen molar-refractivity contribution >= 4 is 18.0 Å². The Hall–Kier alpha value is -4.87. The Labute approximate surface area is 625 Å². The van der Waals surface area contributed by atoms with E-state index in [4.69, 9.17) is 61.6 Å². The summed E-state index contributed by atoms with van der Waals surface area (Å²) in [6.07, 6.45) is 2.52. The van der Waals surface area contributed by atoms with Gasteiger partial charge in [-0.15, -0.1) is 0 Å². The molecule has 9 aliphatic rings. The van der Waals surface area contributed by atoms with Crippen LogP contribution in [0.1, 0.15) is 204 Å². The molecule has 105 heavy (non-hydrogen) atoms. The van der Waals surface area contributed by atoms with E-state index >= 15 is 4.79 Å². The minimum atomic E-state index is -1.35. The highest BCUT2D eigenvalue weighted by Gasteiger charge is 2.73. The van der Waals surface area contributed by atoms with Gasteiger partial charge in [-0.05, 0) is 180 Å². The molecule has 12 rings (SSSR count). The lowest BCUT2D eigenvalue weighted by molar-refractivity contribution is -0.354. The van der Waals surface area contributed by atoms with Gasteiger partial charge in [0.05, 0.1) is 57.4 Å². The summed E-state index contributed by atoms with van der Waals surface area (Å²) in [5, 5.41) is 17.4. The van der Waals surface area contributed by atoms with E-state index in [0.29, 0.717) is 69.6 Å². The highest BCUT2D eigenvalue weighted by atomic mass is 16.8. The molecule has 5 aliphatic carbocycles. The average Bonchev–Trinajstić information content (AvgIpc) is 1.17. The number of esters is 1. The topological polar surface area (TPSA) is 215 Å². The van der Waals surface area contributed by atoms with Crippen LogP contribution in [0.5, 0.6) is 0 Å². The molecule has 3 aromatic carbocycles. The fourth-order valence-electron chi connectivity index (χ4n) is 21.0. The van der Waals surface area contributed by atoms with Crippen molar-refractivity contribution in [3.8, 4) is 0 Å². The molecule has 4 saturated carbocycles. The first-order valence-corrected chi connectivity index (χ1v) is 39.7. The van der Waals surface area contributed by atoms with Gasteiger partial charge in [-0.3, -0.25) is 9.59 Å². The molecule has 582 valence electrons. The first-order chi connectivity index (χ1) is 49.9. The first-order valence-electron chi connectivity index (χ1n) is 39.7. The summed E-state index contributed by atoms with van der Waals surface area (Å²) in [6.45, 7) is 34.1. The van der Waals surface area contributed by atoms with Crippen molar-refractivity contribution in [1.82, 2.24) is 10.6 Å². The van der Waals surface area contributed by atoms with E-state index in [0.717, 1.165) is 61.6 Å². The van der Waals surface area contributed by atoms with Crippen LogP contribution in [-0.2, 0) is 91.0 Å². The van der Waals surface area contributed by atoms with Crippen LogP contribution in [0.3, 0.4) is 0 Å². The molecule has 0 bridgehead atoms. The molecule has 0 radical (unpaired) electrons. The van der Waals surface area contributed by atoms with Crippen molar-refractivity contribution < 1.29 is 81.1 Å². The fourth-order valence-corrected chi connectivity index (χ4v) is 21.0. The van der Waals surface area contributed by atoms with Crippen molar-refractivity contribution in [3.05, 3.63) is 119 Å². The Morgan fingerprint density at radius 2 is 1.31 bits per heavy atom. The molecule has 4 heterocycles. The second-order valence-corrected chi connectivity index (χ2v) is 36.1. The predicted molar refractivity (Wildman–Crippen MR) is 397 cm³/mol. The number of hydrogen-bond donors (Lipinski definition) is 3. The number of alkyl carbamates (subject to hydrolysis) is 1. The molecule has 2 amide bonds. The second-order valence-electron chi connectivity index (χ2n) is 36.1. The molecule has 19 heteroatoms. The average molecular weight is 1460 g/mol. The zero-order valence-electron chi connectivity index (χ0n) is 65.8. The number of nitrogens with one attached hydrogen (secondary N) is 2. The van der Waals surface area contributed by atoms with Crippen LogP contribution in [0.25, 0.3) is 0 Å². The summed E-state index contributed by atoms with van der Waals surface area (Å²) in [4.78, 5) is 43.9. The normalized spacial score (nSPS) is 39.7. The van der Waals surface area contributed by atoms with Crippen molar-refractivity contribution in [2.24, 2.45) is 68.0 Å². The van der Waals surface area contributed by atoms with Gasteiger partial charge in [-0.25, -0.2) is 4.79 Å². The van der Waals surface area contributed by atoms with Crippen molar-refractivity contribution in [1.29, 1.82) is 0 Å². The second kappa shape index (κ2) is 32.2. The molecule has 13 unspecified atom stereocenters. The Morgan fingerprint density at radius 3 is 1.97 bits per heavy atom. The Morgan fingerprint density at radius 1 is 0.667 bits per heavy atom. The smallest absolute Gasteiger partial charge is 0.407 e. The molecule has 3 N–H and O–H groups in total. The van der Waals surface area contributed by atoms with Gasteiger partial charge in [0, 0.05) is 38.5 Å². The molecule has 4 aliphatic heterocycles. The number of amides is 2. The van der Waals surface area contributed by atoms with E-state index in [1.165, 1.54) is 5.57 Å². The summed E-state index contributed by atoms with van der Waals surface area (Å²) in [7, 11) is 1.78. The van der Waals surface area contributed by atoms with Crippen molar-refractivity contribution in [2.45, 2.75) is 298 Å². The van der Waals surface area contributed by atoms with Crippen LogP contribution >= 0.6 is 0 Å².